The molecule has 0 bridgehead atoms. The molecule has 0 radical (unpaired) electrons. The molecular weight excluding hydrogens is 272 g/mol. The first-order chi connectivity index (χ1) is 9.39. The van der Waals surface area contributed by atoms with Gasteiger partial charge < -0.3 is 5.11 Å². The lowest BCUT2D eigenvalue weighted by molar-refractivity contribution is 0.159. The first kappa shape index (κ1) is 19.9. The highest BCUT2D eigenvalue weighted by atomic mass is 32.2. The summed E-state index contributed by atoms with van der Waals surface area (Å²) in [5, 5.41) is 9.16. The summed E-state index contributed by atoms with van der Waals surface area (Å²) >= 11 is 0. The topological polar surface area (TPSA) is 54.4 Å². The Hall–Kier alpha value is -0.0900. The number of hydrogen-bond acceptors (Lipinski definition) is 3. The predicted octanol–water partition coefficient (Wildman–Crippen LogP) is 4.09. The Bertz CT molecular complexity index is 312. The van der Waals surface area contributed by atoms with E-state index in [1.54, 1.807) is 6.92 Å². The molecule has 122 valence electrons. The van der Waals surface area contributed by atoms with Gasteiger partial charge in [0.05, 0.1) is 11.4 Å². The van der Waals surface area contributed by atoms with Crippen molar-refractivity contribution in [1.82, 2.24) is 0 Å². The second-order valence-corrected chi connectivity index (χ2v) is 8.48. The van der Waals surface area contributed by atoms with E-state index in [0.717, 1.165) is 12.8 Å². The Kier molecular flexibility index (Phi) is 11.5. The summed E-state index contributed by atoms with van der Waals surface area (Å²) in [6, 6.07) is 0. The zero-order valence-electron chi connectivity index (χ0n) is 13.6. The largest absolute Gasteiger partial charge is 0.392 e. The van der Waals surface area contributed by atoms with E-state index in [4.69, 9.17) is 0 Å². The molecule has 0 heterocycles. The van der Waals surface area contributed by atoms with Crippen LogP contribution in [0, 0.1) is 0 Å². The van der Waals surface area contributed by atoms with Gasteiger partial charge in [-0.15, -0.1) is 0 Å². The van der Waals surface area contributed by atoms with E-state index >= 15 is 0 Å². The highest BCUT2D eigenvalue weighted by molar-refractivity contribution is 7.91. The Morgan fingerprint density at radius 1 is 0.850 bits per heavy atom. The minimum atomic E-state index is -3.11. The molecule has 0 aromatic rings. The van der Waals surface area contributed by atoms with Crippen LogP contribution in [-0.2, 0) is 9.84 Å². The van der Waals surface area contributed by atoms with Gasteiger partial charge in [-0.3, -0.25) is 0 Å². The third kappa shape index (κ3) is 10.7. The van der Waals surface area contributed by atoms with Gasteiger partial charge in [0, 0.05) is 6.26 Å². The second kappa shape index (κ2) is 11.6. The van der Waals surface area contributed by atoms with E-state index in [1.807, 2.05) is 0 Å². The number of rotatable bonds is 13. The number of aliphatic hydroxyl groups excluding tert-OH is 1. The van der Waals surface area contributed by atoms with Crippen molar-refractivity contribution >= 4 is 9.84 Å². The van der Waals surface area contributed by atoms with E-state index in [1.165, 1.54) is 57.6 Å². The molecule has 0 aromatic carbocycles. The van der Waals surface area contributed by atoms with E-state index in [-0.39, 0.29) is 0 Å². The Labute approximate surface area is 126 Å². The van der Waals surface area contributed by atoms with Crippen molar-refractivity contribution in [1.29, 1.82) is 0 Å². The Morgan fingerprint density at radius 3 is 1.65 bits per heavy atom. The van der Waals surface area contributed by atoms with Gasteiger partial charge in [0.15, 0.2) is 9.84 Å². The summed E-state index contributed by atoms with van der Waals surface area (Å²) in [5.74, 6) is 0. The fraction of sp³-hybridized carbons (Fsp3) is 1.00. The standard InChI is InChI=1S/C16H34O3S/c1-4-5-6-7-8-9-10-11-12-13-14-16(17)15(2)20(3,18)19/h15-17H,4-14H2,1-3H3. The molecular formula is C16H34O3S. The van der Waals surface area contributed by atoms with Crippen LogP contribution in [0.4, 0.5) is 0 Å². The van der Waals surface area contributed by atoms with Crippen LogP contribution in [0.25, 0.3) is 0 Å². The van der Waals surface area contributed by atoms with E-state index in [9.17, 15) is 13.5 Å². The van der Waals surface area contributed by atoms with Crippen molar-refractivity contribution in [3.8, 4) is 0 Å². The maximum absolute atomic E-state index is 11.3. The van der Waals surface area contributed by atoms with Gasteiger partial charge in [0.25, 0.3) is 0 Å². The molecule has 4 heteroatoms. The van der Waals surface area contributed by atoms with Crippen molar-refractivity contribution < 1.29 is 13.5 Å². The fourth-order valence-corrected chi connectivity index (χ4v) is 3.07. The zero-order chi connectivity index (χ0) is 15.4. The van der Waals surface area contributed by atoms with Gasteiger partial charge in [0.2, 0.25) is 0 Å². The lowest BCUT2D eigenvalue weighted by Crippen LogP contribution is -2.30. The molecule has 1 N–H and O–H groups in total. The van der Waals surface area contributed by atoms with Crippen molar-refractivity contribution in [2.24, 2.45) is 0 Å². The number of unbranched alkanes of at least 4 members (excludes halogenated alkanes) is 9. The van der Waals surface area contributed by atoms with Gasteiger partial charge in [0.1, 0.15) is 0 Å². The lowest BCUT2D eigenvalue weighted by atomic mass is 10.0. The summed E-state index contributed by atoms with van der Waals surface area (Å²) < 4.78 is 22.6. The molecule has 0 aliphatic heterocycles. The van der Waals surface area contributed by atoms with Crippen LogP contribution >= 0.6 is 0 Å². The van der Waals surface area contributed by atoms with E-state index < -0.39 is 21.2 Å². The van der Waals surface area contributed by atoms with Crippen LogP contribution in [0.2, 0.25) is 0 Å². The second-order valence-electron chi connectivity index (χ2n) is 6.07. The smallest absolute Gasteiger partial charge is 0.152 e. The minimum Gasteiger partial charge on any atom is -0.392 e. The zero-order valence-corrected chi connectivity index (χ0v) is 14.4. The number of aliphatic hydroxyl groups is 1. The maximum Gasteiger partial charge on any atom is 0.152 e. The molecule has 2 atom stereocenters. The molecule has 3 nitrogen and oxygen atoms in total. The lowest BCUT2D eigenvalue weighted by Gasteiger charge is -2.16. The molecule has 0 amide bonds. The van der Waals surface area contributed by atoms with Crippen molar-refractivity contribution in [2.75, 3.05) is 6.26 Å². The van der Waals surface area contributed by atoms with Gasteiger partial charge in [-0.1, -0.05) is 71.1 Å². The molecule has 0 aromatic heterocycles. The summed E-state index contributed by atoms with van der Waals surface area (Å²) in [6.07, 6.45) is 13.6. The Morgan fingerprint density at radius 2 is 1.25 bits per heavy atom. The van der Waals surface area contributed by atoms with Gasteiger partial charge in [-0.25, -0.2) is 8.42 Å². The third-order valence-corrected chi connectivity index (χ3v) is 5.74. The maximum atomic E-state index is 11.3. The van der Waals surface area contributed by atoms with Crippen LogP contribution in [0.3, 0.4) is 0 Å². The molecule has 0 saturated heterocycles. The number of sulfone groups is 1. The highest BCUT2D eigenvalue weighted by Crippen LogP contribution is 2.14. The van der Waals surface area contributed by atoms with Crippen LogP contribution in [0.15, 0.2) is 0 Å². The molecule has 0 saturated carbocycles. The molecule has 0 aliphatic carbocycles. The van der Waals surface area contributed by atoms with Gasteiger partial charge >= 0.3 is 0 Å². The van der Waals surface area contributed by atoms with Crippen LogP contribution in [0.1, 0.15) is 84.5 Å². The minimum absolute atomic E-state index is 0.602. The molecule has 0 spiro atoms. The van der Waals surface area contributed by atoms with Crippen molar-refractivity contribution in [3.05, 3.63) is 0 Å². The average molecular weight is 307 g/mol. The first-order valence-corrected chi connectivity index (χ1v) is 10.2. The van der Waals surface area contributed by atoms with Crippen LogP contribution < -0.4 is 0 Å². The Balaban J connectivity index is 3.40. The normalized spacial score (nSPS) is 15.2. The van der Waals surface area contributed by atoms with Crippen molar-refractivity contribution in [2.45, 2.75) is 95.8 Å². The summed E-state index contributed by atoms with van der Waals surface area (Å²) in [6.45, 7) is 3.83. The van der Waals surface area contributed by atoms with Crippen LogP contribution in [-0.4, -0.2) is 31.1 Å². The third-order valence-electron chi connectivity index (χ3n) is 4.07. The quantitative estimate of drug-likeness (QED) is 0.521. The molecule has 0 fully saturated rings. The highest BCUT2D eigenvalue weighted by Gasteiger charge is 2.23. The fourth-order valence-electron chi connectivity index (χ4n) is 2.36. The van der Waals surface area contributed by atoms with Gasteiger partial charge in [-0.05, 0) is 13.3 Å². The van der Waals surface area contributed by atoms with E-state index in [2.05, 4.69) is 6.92 Å². The monoisotopic (exact) mass is 306 g/mol. The molecule has 20 heavy (non-hydrogen) atoms. The van der Waals surface area contributed by atoms with E-state index in [0.29, 0.717) is 6.42 Å². The molecule has 0 aliphatic rings. The predicted molar refractivity (Wildman–Crippen MR) is 86.8 cm³/mol. The summed E-state index contributed by atoms with van der Waals surface area (Å²) in [5.41, 5.74) is 0. The first-order valence-electron chi connectivity index (χ1n) is 8.26. The van der Waals surface area contributed by atoms with Crippen LogP contribution in [0.5, 0.6) is 0 Å². The SMILES string of the molecule is CCCCCCCCCCCCC(O)C(C)S(C)(=O)=O. The molecule has 2 unspecified atom stereocenters. The number of hydrogen-bond donors (Lipinski definition) is 1. The van der Waals surface area contributed by atoms with Crippen molar-refractivity contribution in [3.63, 3.8) is 0 Å². The average Bonchev–Trinajstić information content (AvgIpc) is 2.38. The van der Waals surface area contributed by atoms with Gasteiger partial charge in [-0.2, -0.15) is 0 Å². The molecule has 0 rings (SSSR count). The summed E-state index contributed by atoms with van der Waals surface area (Å²) in [4.78, 5) is 0. The summed E-state index contributed by atoms with van der Waals surface area (Å²) in [7, 11) is -3.11.